The van der Waals surface area contributed by atoms with E-state index in [1.165, 1.54) is 19.3 Å². The van der Waals surface area contributed by atoms with Crippen molar-refractivity contribution in [2.24, 2.45) is 5.41 Å². The van der Waals surface area contributed by atoms with E-state index in [1.54, 1.807) is 6.20 Å². The molecule has 106 valence electrons. The largest absolute Gasteiger partial charge is 0.475 e. The molecule has 0 amide bonds. The van der Waals surface area contributed by atoms with Crippen molar-refractivity contribution in [1.29, 1.82) is 0 Å². The van der Waals surface area contributed by atoms with Gasteiger partial charge in [-0.2, -0.15) is 0 Å². The van der Waals surface area contributed by atoms with Crippen molar-refractivity contribution in [3.8, 4) is 5.88 Å². The maximum absolute atomic E-state index is 5.76. The Morgan fingerprint density at radius 1 is 1.47 bits per heavy atom. The fraction of sp³-hybridized carbons (Fsp3) is 0.688. The lowest BCUT2D eigenvalue weighted by atomic mass is 9.87. The van der Waals surface area contributed by atoms with E-state index in [9.17, 15) is 0 Å². The molecule has 1 saturated carbocycles. The number of nitrogens with one attached hydrogen (secondary N) is 1. The molecule has 1 aromatic heterocycles. The van der Waals surface area contributed by atoms with Crippen LogP contribution in [0.1, 0.15) is 52.5 Å². The van der Waals surface area contributed by atoms with Gasteiger partial charge in [0.25, 0.3) is 0 Å². The van der Waals surface area contributed by atoms with Crippen molar-refractivity contribution in [3.05, 3.63) is 23.9 Å². The smallest absolute Gasteiger partial charge is 0.218 e. The van der Waals surface area contributed by atoms with E-state index in [1.807, 2.05) is 19.9 Å². The molecule has 0 aliphatic heterocycles. The molecule has 1 aromatic rings. The van der Waals surface area contributed by atoms with Crippen LogP contribution in [0.5, 0.6) is 5.88 Å². The third-order valence-corrected chi connectivity index (χ3v) is 3.99. The van der Waals surface area contributed by atoms with Crippen molar-refractivity contribution in [2.45, 2.75) is 65.6 Å². The Balaban J connectivity index is 1.99. The molecular weight excluding hydrogens is 236 g/mol. The van der Waals surface area contributed by atoms with Crippen LogP contribution in [0, 0.1) is 5.41 Å². The summed E-state index contributed by atoms with van der Waals surface area (Å²) < 4.78 is 5.76. The molecule has 2 rings (SSSR count). The first-order chi connectivity index (χ1) is 8.99. The molecule has 3 heteroatoms. The van der Waals surface area contributed by atoms with Crippen LogP contribution in [0.2, 0.25) is 0 Å². The Labute approximate surface area is 116 Å². The molecule has 19 heavy (non-hydrogen) atoms. The van der Waals surface area contributed by atoms with Gasteiger partial charge >= 0.3 is 0 Å². The van der Waals surface area contributed by atoms with Crippen LogP contribution in [0.15, 0.2) is 18.3 Å². The fourth-order valence-electron chi connectivity index (χ4n) is 2.83. The summed E-state index contributed by atoms with van der Waals surface area (Å²) in [5, 5.41) is 3.68. The molecule has 0 radical (unpaired) electrons. The van der Waals surface area contributed by atoms with Gasteiger partial charge < -0.3 is 10.1 Å². The Morgan fingerprint density at radius 3 is 2.89 bits per heavy atom. The van der Waals surface area contributed by atoms with E-state index in [-0.39, 0.29) is 6.10 Å². The molecule has 1 fully saturated rings. The number of pyridine rings is 1. The van der Waals surface area contributed by atoms with E-state index in [0.29, 0.717) is 11.5 Å². The molecule has 1 N–H and O–H groups in total. The Kier molecular flexibility index (Phi) is 4.46. The van der Waals surface area contributed by atoms with Gasteiger partial charge in [-0.15, -0.1) is 0 Å². The van der Waals surface area contributed by atoms with Gasteiger partial charge in [0.15, 0.2) is 0 Å². The summed E-state index contributed by atoms with van der Waals surface area (Å²) in [7, 11) is 0. The maximum Gasteiger partial charge on any atom is 0.218 e. The Morgan fingerprint density at radius 2 is 2.26 bits per heavy atom. The van der Waals surface area contributed by atoms with Crippen LogP contribution in [0.25, 0.3) is 0 Å². The van der Waals surface area contributed by atoms with Crippen molar-refractivity contribution < 1.29 is 4.74 Å². The highest BCUT2D eigenvalue weighted by Crippen LogP contribution is 2.37. The lowest BCUT2D eigenvalue weighted by Gasteiger charge is -2.28. The minimum Gasteiger partial charge on any atom is -0.475 e. The third kappa shape index (κ3) is 3.69. The van der Waals surface area contributed by atoms with Crippen LogP contribution in [-0.4, -0.2) is 17.1 Å². The van der Waals surface area contributed by atoms with Crippen LogP contribution < -0.4 is 10.1 Å². The van der Waals surface area contributed by atoms with E-state index >= 15 is 0 Å². The number of aromatic nitrogens is 1. The van der Waals surface area contributed by atoms with Gasteiger partial charge in [-0.25, -0.2) is 4.98 Å². The summed E-state index contributed by atoms with van der Waals surface area (Å²) in [5.74, 6) is 0.765. The second-order valence-electron chi connectivity index (χ2n) is 6.45. The zero-order valence-electron chi connectivity index (χ0n) is 12.6. The molecule has 1 atom stereocenters. The van der Waals surface area contributed by atoms with Gasteiger partial charge in [0.2, 0.25) is 5.88 Å². The van der Waals surface area contributed by atoms with Crippen LogP contribution in [0.4, 0.5) is 0 Å². The normalized spacial score (nSPS) is 21.8. The Bertz CT molecular complexity index is 415. The van der Waals surface area contributed by atoms with E-state index < -0.39 is 0 Å². The molecule has 1 heterocycles. The summed E-state index contributed by atoms with van der Waals surface area (Å²) in [6, 6.07) is 4.67. The summed E-state index contributed by atoms with van der Waals surface area (Å²) in [6.45, 7) is 9.61. The highest BCUT2D eigenvalue weighted by atomic mass is 16.5. The van der Waals surface area contributed by atoms with Gasteiger partial charge in [0.1, 0.15) is 0 Å². The highest BCUT2D eigenvalue weighted by molar-refractivity contribution is 5.25. The molecular formula is C16H26N2O. The van der Waals surface area contributed by atoms with Crippen LogP contribution in [0.3, 0.4) is 0 Å². The van der Waals surface area contributed by atoms with Gasteiger partial charge in [0.05, 0.1) is 6.10 Å². The molecule has 1 unspecified atom stereocenters. The predicted molar refractivity (Wildman–Crippen MR) is 78.3 cm³/mol. The predicted octanol–water partition coefficient (Wildman–Crippen LogP) is 3.54. The molecule has 0 aromatic carbocycles. The first-order valence-electron chi connectivity index (χ1n) is 7.33. The summed E-state index contributed by atoms with van der Waals surface area (Å²) in [4.78, 5) is 4.34. The fourth-order valence-corrected chi connectivity index (χ4v) is 2.83. The topological polar surface area (TPSA) is 34.1 Å². The molecule has 0 bridgehead atoms. The first-order valence-corrected chi connectivity index (χ1v) is 7.33. The number of hydrogen-bond acceptors (Lipinski definition) is 3. The van der Waals surface area contributed by atoms with Crippen LogP contribution in [-0.2, 0) is 6.54 Å². The molecule has 0 spiro atoms. The molecule has 0 saturated heterocycles. The van der Waals surface area contributed by atoms with E-state index in [2.05, 4.69) is 30.2 Å². The van der Waals surface area contributed by atoms with E-state index in [4.69, 9.17) is 4.74 Å². The quantitative estimate of drug-likeness (QED) is 0.881. The summed E-state index contributed by atoms with van der Waals surface area (Å²) >= 11 is 0. The molecule has 3 nitrogen and oxygen atoms in total. The summed E-state index contributed by atoms with van der Waals surface area (Å²) in [5.41, 5.74) is 1.56. The van der Waals surface area contributed by atoms with Gasteiger partial charge in [0, 0.05) is 24.3 Å². The molecule has 1 aliphatic carbocycles. The monoisotopic (exact) mass is 262 g/mol. The second kappa shape index (κ2) is 5.91. The van der Waals surface area contributed by atoms with Crippen molar-refractivity contribution in [2.75, 3.05) is 0 Å². The SMILES string of the molecule is CC(C)Oc1ncccc1CNC1CCCC1(C)C. The molecule has 1 aliphatic rings. The lowest BCUT2D eigenvalue weighted by Crippen LogP contribution is -2.37. The minimum atomic E-state index is 0.163. The minimum absolute atomic E-state index is 0.163. The average molecular weight is 262 g/mol. The zero-order chi connectivity index (χ0) is 13.9. The first kappa shape index (κ1) is 14.3. The lowest BCUT2D eigenvalue weighted by molar-refractivity contribution is 0.227. The Hall–Kier alpha value is -1.09. The number of rotatable bonds is 5. The van der Waals surface area contributed by atoms with Gasteiger partial charge in [-0.05, 0) is 38.2 Å². The highest BCUT2D eigenvalue weighted by Gasteiger charge is 2.33. The zero-order valence-corrected chi connectivity index (χ0v) is 12.6. The standard InChI is InChI=1S/C16H26N2O/c1-12(2)19-15-13(7-6-10-17-15)11-18-14-8-5-9-16(14,3)4/h6-7,10,12,14,18H,5,8-9,11H2,1-4H3. The maximum atomic E-state index is 5.76. The van der Waals surface area contributed by atoms with Crippen LogP contribution >= 0.6 is 0 Å². The number of ether oxygens (including phenoxy) is 1. The van der Waals surface area contributed by atoms with E-state index in [0.717, 1.165) is 18.0 Å². The number of hydrogen-bond donors (Lipinski definition) is 1. The van der Waals surface area contributed by atoms with Crippen molar-refractivity contribution in [1.82, 2.24) is 10.3 Å². The third-order valence-electron chi connectivity index (χ3n) is 3.99. The van der Waals surface area contributed by atoms with Crippen molar-refractivity contribution in [3.63, 3.8) is 0 Å². The van der Waals surface area contributed by atoms with Gasteiger partial charge in [-0.1, -0.05) is 26.3 Å². The average Bonchev–Trinajstić information content (AvgIpc) is 2.67. The van der Waals surface area contributed by atoms with Gasteiger partial charge in [-0.3, -0.25) is 0 Å². The summed E-state index contributed by atoms with van der Waals surface area (Å²) in [6.07, 6.45) is 5.87. The van der Waals surface area contributed by atoms with Crippen molar-refractivity contribution >= 4 is 0 Å². The number of nitrogens with zero attached hydrogens (tertiary/aromatic N) is 1. The second-order valence-corrected chi connectivity index (χ2v) is 6.45.